The van der Waals surface area contributed by atoms with Gasteiger partial charge in [0.1, 0.15) is 0 Å². The van der Waals surface area contributed by atoms with E-state index in [-0.39, 0.29) is 26.2 Å². The van der Waals surface area contributed by atoms with E-state index >= 15 is 0 Å². The van der Waals surface area contributed by atoms with Crippen LogP contribution in [0.1, 0.15) is 48.8 Å². The van der Waals surface area contributed by atoms with Crippen molar-refractivity contribution in [3.63, 3.8) is 0 Å². The third-order valence-corrected chi connectivity index (χ3v) is 4.64. The molecular weight excluding hydrogens is 343 g/mol. The average molecular weight is 363 g/mol. The van der Waals surface area contributed by atoms with E-state index in [9.17, 15) is 0 Å². The fourth-order valence-electron chi connectivity index (χ4n) is 3.54. The second-order valence-electron chi connectivity index (χ2n) is 6.29. The fraction of sp³-hybridized carbons (Fsp3) is 0.238. The summed E-state index contributed by atoms with van der Waals surface area (Å²) in [5, 5.41) is 0. The van der Waals surface area contributed by atoms with Gasteiger partial charge in [0.2, 0.25) is 0 Å². The van der Waals surface area contributed by atoms with E-state index in [1.165, 1.54) is 33.4 Å². The standard InChI is InChI=1S/C21H19.Zr/c1-14(2)16-11-12-18-17-9-5-6-10-19(17)21(20(18)13-16)15-7-3-4-8-15;/h3-7,9-12,14,21H,8H2,1-2H3;/q-1;. The van der Waals surface area contributed by atoms with Crippen molar-refractivity contribution >= 4 is 0 Å². The van der Waals surface area contributed by atoms with Crippen molar-refractivity contribution in [3.8, 4) is 11.1 Å². The summed E-state index contributed by atoms with van der Waals surface area (Å²) in [5.74, 6) is 0.917. The first kappa shape index (κ1) is 15.7. The summed E-state index contributed by atoms with van der Waals surface area (Å²) in [6, 6.07) is 17.1. The zero-order valence-electron chi connectivity index (χ0n) is 13.1. The molecule has 108 valence electrons. The zero-order chi connectivity index (χ0) is 14.4. The van der Waals surface area contributed by atoms with Gasteiger partial charge < -0.3 is 0 Å². The molecule has 22 heavy (non-hydrogen) atoms. The van der Waals surface area contributed by atoms with Gasteiger partial charge in [-0.2, -0.15) is 23.8 Å². The minimum Gasteiger partial charge on any atom is -0.175 e. The van der Waals surface area contributed by atoms with Crippen LogP contribution in [-0.2, 0) is 26.2 Å². The summed E-state index contributed by atoms with van der Waals surface area (Å²) in [5.41, 5.74) is 8.39. The molecule has 1 atom stereocenters. The Bertz CT molecular complexity index is 765. The molecule has 2 aromatic rings. The maximum absolute atomic E-state index is 3.73. The van der Waals surface area contributed by atoms with E-state index in [2.05, 4.69) is 74.5 Å². The van der Waals surface area contributed by atoms with Crippen LogP contribution in [0, 0.1) is 6.07 Å². The molecule has 0 N–H and O–H groups in total. The molecule has 0 saturated carbocycles. The molecule has 0 bridgehead atoms. The molecule has 0 aromatic heterocycles. The van der Waals surface area contributed by atoms with Gasteiger partial charge in [0.05, 0.1) is 0 Å². The second-order valence-corrected chi connectivity index (χ2v) is 6.29. The Kier molecular flexibility index (Phi) is 4.37. The van der Waals surface area contributed by atoms with Crippen LogP contribution in [0.5, 0.6) is 0 Å². The predicted molar refractivity (Wildman–Crippen MR) is 88.5 cm³/mol. The normalized spacial score (nSPS) is 18.0. The number of hydrogen-bond donors (Lipinski definition) is 0. The molecule has 0 nitrogen and oxygen atoms in total. The molecule has 2 aromatic carbocycles. The summed E-state index contributed by atoms with van der Waals surface area (Å²) in [7, 11) is 0. The van der Waals surface area contributed by atoms with Gasteiger partial charge in [-0.25, -0.2) is 0 Å². The van der Waals surface area contributed by atoms with Gasteiger partial charge in [-0.3, -0.25) is 0 Å². The molecule has 0 heterocycles. The number of rotatable bonds is 2. The van der Waals surface area contributed by atoms with Gasteiger partial charge >= 0.3 is 0 Å². The van der Waals surface area contributed by atoms with Crippen LogP contribution < -0.4 is 0 Å². The zero-order valence-corrected chi connectivity index (χ0v) is 15.5. The van der Waals surface area contributed by atoms with Crippen molar-refractivity contribution in [2.24, 2.45) is 0 Å². The topological polar surface area (TPSA) is 0 Å². The van der Waals surface area contributed by atoms with Crippen molar-refractivity contribution < 1.29 is 26.2 Å². The molecule has 2 aliphatic rings. The number of hydrogen-bond acceptors (Lipinski definition) is 0. The molecule has 2 aliphatic carbocycles. The van der Waals surface area contributed by atoms with Gasteiger partial charge in [0.25, 0.3) is 0 Å². The first-order valence-corrected chi connectivity index (χ1v) is 7.76. The van der Waals surface area contributed by atoms with E-state index in [1.807, 2.05) is 0 Å². The summed E-state index contributed by atoms with van der Waals surface area (Å²) < 4.78 is 0. The number of benzene rings is 2. The van der Waals surface area contributed by atoms with Crippen LogP contribution in [0.25, 0.3) is 11.1 Å². The summed E-state index contributed by atoms with van der Waals surface area (Å²) in [6.07, 6.45) is 7.79. The molecule has 4 rings (SSSR count). The maximum atomic E-state index is 3.73. The Balaban J connectivity index is 0.00000144. The molecule has 0 saturated heterocycles. The van der Waals surface area contributed by atoms with E-state index in [0.717, 1.165) is 6.42 Å². The van der Waals surface area contributed by atoms with E-state index in [4.69, 9.17) is 0 Å². The SMILES string of the molecule is CC(C)c1[c-]c2c(cc1)-c1ccccc1C2C1=CC=CC1.[Zr]. The van der Waals surface area contributed by atoms with Crippen molar-refractivity contribution in [3.05, 3.63) is 83.0 Å². The third kappa shape index (κ3) is 2.40. The number of fused-ring (bicyclic) bond motifs is 3. The summed E-state index contributed by atoms with van der Waals surface area (Å²) in [6.45, 7) is 4.48. The molecule has 0 fully saturated rings. The van der Waals surface area contributed by atoms with Crippen molar-refractivity contribution in [2.75, 3.05) is 0 Å². The second kappa shape index (κ2) is 6.13. The monoisotopic (exact) mass is 361 g/mol. The quantitative estimate of drug-likeness (QED) is 0.609. The van der Waals surface area contributed by atoms with E-state index in [0.29, 0.717) is 11.8 Å². The van der Waals surface area contributed by atoms with Crippen molar-refractivity contribution in [2.45, 2.75) is 32.1 Å². The molecule has 0 amide bonds. The van der Waals surface area contributed by atoms with Crippen molar-refractivity contribution in [1.82, 2.24) is 0 Å². The molecule has 0 spiro atoms. The Morgan fingerprint density at radius 3 is 2.59 bits per heavy atom. The summed E-state index contributed by atoms with van der Waals surface area (Å²) >= 11 is 0. The molecule has 0 radical (unpaired) electrons. The van der Waals surface area contributed by atoms with E-state index < -0.39 is 0 Å². The molecule has 1 heteroatoms. The first-order valence-electron chi connectivity index (χ1n) is 7.76. The maximum Gasteiger partial charge on any atom is 0.00807 e. The van der Waals surface area contributed by atoms with Gasteiger partial charge in [0.15, 0.2) is 0 Å². The van der Waals surface area contributed by atoms with Gasteiger partial charge in [0, 0.05) is 32.1 Å². The Morgan fingerprint density at radius 1 is 1.05 bits per heavy atom. The van der Waals surface area contributed by atoms with Crippen LogP contribution in [0.15, 0.2) is 60.2 Å². The van der Waals surface area contributed by atoms with E-state index in [1.54, 1.807) is 0 Å². The fourth-order valence-corrected chi connectivity index (χ4v) is 3.54. The van der Waals surface area contributed by atoms with Crippen LogP contribution >= 0.6 is 0 Å². The van der Waals surface area contributed by atoms with Crippen LogP contribution in [-0.4, -0.2) is 0 Å². The largest absolute Gasteiger partial charge is 0.175 e. The van der Waals surface area contributed by atoms with Gasteiger partial charge in [-0.15, -0.1) is 11.1 Å². The van der Waals surface area contributed by atoms with Gasteiger partial charge in [-0.1, -0.05) is 67.5 Å². The summed E-state index contributed by atoms with van der Waals surface area (Å²) in [4.78, 5) is 0. The van der Waals surface area contributed by atoms with Crippen LogP contribution in [0.3, 0.4) is 0 Å². The van der Waals surface area contributed by atoms with Crippen LogP contribution in [0.2, 0.25) is 0 Å². The minimum absolute atomic E-state index is 0. The Labute approximate surface area is 152 Å². The van der Waals surface area contributed by atoms with Gasteiger partial charge in [-0.05, 0) is 17.9 Å². The first-order chi connectivity index (χ1) is 10.3. The van der Waals surface area contributed by atoms with Crippen LogP contribution in [0.4, 0.5) is 0 Å². The number of allylic oxidation sites excluding steroid dienone is 4. The molecular formula is C21H19Zr-. The minimum atomic E-state index is 0. The van der Waals surface area contributed by atoms with Crippen molar-refractivity contribution in [1.29, 1.82) is 0 Å². The molecule has 1 unspecified atom stereocenters. The Morgan fingerprint density at radius 2 is 1.86 bits per heavy atom. The third-order valence-electron chi connectivity index (χ3n) is 4.64. The average Bonchev–Trinajstić information content (AvgIpc) is 3.11. The Hall–Kier alpha value is -1.20. The molecule has 0 aliphatic heterocycles. The smallest absolute Gasteiger partial charge is 0.00807 e. The predicted octanol–water partition coefficient (Wildman–Crippen LogP) is 5.61.